The minimum absolute atomic E-state index is 0.0328. The average molecular weight is 633 g/mol. The Labute approximate surface area is 293 Å². The number of benzene rings is 7. The molecule has 0 unspecified atom stereocenters. The van der Waals surface area contributed by atoms with Crippen LogP contribution in [0.1, 0.15) is 8.22 Å². The smallest absolute Gasteiger partial charge is 0.164 e. The van der Waals surface area contributed by atoms with Crippen molar-refractivity contribution in [3.05, 3.63) is 182 Å². The number of fused-ring (bicyclic) bond motifs is 3. The first-order chi connectivity index (χ1) is 26.7. The van der Waals surface area contributed by atoms with Gasteiger partial charge in [-0.05, 0) is 52.5 Å². The van der Waals surface area contributed by atoms with Gasteiger partial charge in [-0.15, -0.1) is 0 Å². The van der Waals surface area contributed by atoms with E-state index in [9.17, 15) is 0 Å². The molecule has 7 aromatic carbocycles. The van der Waals surface area contributed by atoms with Crippen LogP contribution >= 0.6 is 0 Å². The molecule has 0 aliphatic carbocycles. The van der Waals surface area contributed by atoms with E-state index >= 15 is 0 Å². The summed E-state index contributed by atoms with van der Waals surface area (Å²) < 4.78 is 54.7. The summed E-state index contributed by atoms with van der Waals surface area (Å²) in [5, 5.41) is 0.384. The molecular formula is C45H30N4. The molecule has 9 rings (SSSR count). The van der Waals surface area contributed by atoms with Gasteiger partial charge in [0.05, 0.1) is 19.3 Å². The summed E-state index contributed by atoms with van der Waals surface area (Å²) in [6.45, 7) is 0. The maximum Gasteiger partial charge on any atom is 0.164 e. The molecule has 4 nitrogen and oxygen atoms in total. The highest BCUT2D eigenvalue weighted by atomic mass is 15.0. The molecule has 49 heavy (non-hydrogen) atoms. The first kappa shape index (κ1) is 22.8. The largest absolute Gasteiger partial charge is 0.309 e. The van der Waals surface area contributed by atoms with Gasteiger partial charge in [0, 0.05) is 33.2 Å². The van der Waals surface area contributed by atoms with Crippen LogP contribution in [0.25, 0.3) is 83.9 Å². The Morgan fingerprint density at radius 2 is 0.776 bits per heavy atom. The van der Waals surface area contributed by atoms with Gasteiger partial charge in [-0.2, -0.15) is 0 Å². The lowest BCUT2D eigenvalue weighted by molar-refractivity contribution is 1.07. The molecule has 0 aliphatic heterocycles. The maximum absolute atomic E-state index is 9.08. The van der Waals surface area contributed by atoms with E-state index in [1.807, 2.05) is 109 Å². The van der Waals surface area contributed by atoms with Crippen LogP contribution in [0.2, 0.25) is 0 Å². The normalized spacial score (nSPS) is 13.0. The minimum Gasteiger partial charge on any atom is -0.309 e. The number of para-hydroxylation sites is 2. The molecule has 0 amide bonds. The van der Waals surface area contributed by atoms with E-state index in [4.69, 9.17) is 23.2 Å². The lowest BCUT2D eigenvalue weighted by Crippen LogP contribution is -2.01. The van der Waals surface area contributed by atoms with Crippen molar-refractivity contribution in [3.63, 3.8) is 0 Å². The zero-order chi connectivity index (χ0) is 37.8. The number of hydrogen-bond acceptors (Lipinski definition) is 3. The highest BCUT2D eigenvalue weighted by Gasteiger charge is 2.17. The molecule has 9 aromatic rings. The third kappa shape index (κ3) is 5.35. The molecule has 4 heteroatoms. The topological polar surface area (TPSA) is 43.6 Å². The number of rotatable bonds is 6. The third-order valence-corrected chi connectivity index (χ3v) is 8.59. The molecule has 0 N–H and O–H groups in total. The standard InChI is InChI=1S/C45H30N4/c1-4-14-31(15-5-1)32-24-26-33(27-25-32)36-28-37(30-38(29-36)49-41-22-12-10-20-39(41)40-21-11-13-23-42(40)49)45-47-43(34-16-6-2-7-17-34)46-44(48-45)35-18-8-3-9-19-35/h1-30H/i10D,11D,20D,21D,22D,23D. The van der Waals surface area contributed by atoms with Gasteiger partial charge >= 0.3 is 0 Å². The zero-order valence-corrected chi connectivity index (χ0v) is 26.1. The Morgan fingerprint density at radius 1 is 0.367 bits per heavy atom. The average Bonchev–Trinajstić information content (AvgIpc) is 3.61. The van der Waals surface area contributed by atoms with Crippen LogP contribution in [0.5, 0.6) is 0 Å². The Hall–Kier alpha value is -6.65. The van der Waals surface area contributed by atoms with E-state index in [-0.39, 0.29) is 58.1 Å². The summed E-state index contributed by atoms with van der Waals surface area (Å²) in [5.74, 6) is 1.39. The predicted molar refractivity (Wildman–Crippen MR) is 201 cm³/mol. The van der Waals surface area contributed by atoms with Crippen LogP contribution < -0.4 is 0 Å². The van der Waals surface area contributed by atoms with Gasteiger partial charge in [-0.25, -0.2) is 15.0 Å². The van der Waals surface area contributed by atoms with E-state index in [2.05, 4.69) is 24.3 Å². The van der Waals surface area contributed by atoms with Crippen molar-refractivity contribution in [1.82, 2.24) is 19.5 Å². The quantitative estimate of drug-likeness (QED) is 0.183. The van der Waals surface area contributed by atoms with Crippen LogP contribution in [0.4, 0.5) is 0 Å². The fourth-order valence-electron chi connectivity index (χ4n) is 6.23. The molecule has 0 atom stereocenters. The van der Waals surface area contributed by atoms with Crippen LogP contribution in [-0.2, 0) is 0 Å². The highest BCUT2D eigenvalue weighted by molar-refractivity contribution is 6.09. The second-order valence-corrected chi connectivity index (χ2v) is 11.6. The maximum atomic E-state index is 9.08. The molecule has 2 aromatic heterocycles. The first-order valence-electron chi connectivity index (χ1n) is 19.0. The van der Waals surface area contributed by atoms with Gasteiger partial charge in [0.2, 0.25) is 0 Å². The molecule has 0 spiro atoms. The highest BCUT2D eigenvalue weighted by Crippen LogP contribution is 2.36. The van der Waals surface area contributed by atoms with Gasteiger partial charge in [-0.1, -0.05) is 152 Å². The van der Waals surface area contributed by atoms with Crippen molar-refractivity contribution in [1.29, 1.82) is 0 Å². The number of aromatic nitrogens is 4. The lowest BCUT2D eigenvalue weighted by atomic mass is 9.98. The van der Waals surface area contributed by atoms with E-state index in [0.29, 0.717) is 28.7 Å². The van der Waals surface area contributed by atoms with Crippen molar-refractivity contribution in [3.8, 4) is 62.1 Å². The van der Waals surface area contributed by atoms with Crippen molar-refractivity contribution in [2.45, 2.75) is 0 Å². The Balaban J connectivity index is 1.36. The fraction of sp³-hybridized carbons (Fsp3) is 0. The Morgan fingerprint density at radius 3 is 1.29 bits per heavy atom. The second kappa shape index (κ2) is 12.2. The molecule has 0 aliphatic rings. The minimum atomic E-state index is -0.169. The summed E-state index contributed by atoms with van der Waals surface area (Å²) in [4.78, 5) is 14.9. The molecule has 0 saturated heterocycles. The summed E-state index contributed by atoms with van der Waals surface area (Å²) >= 11 is 0. The lowest BCUT2D eigenvalue weighted by Gasteiger charge is -2.14. The number of nitrogens with zero attached hydrogens (tertiary/aromatic N) is 4. The third-order valence-electron chi connectivity index (χ3n) is 8.59. The van der Waals surface area contributed by atoms with Crippen molar-refractivity contribution in [2.75, 3.05) is 0 Å². The van der Waals surface area contributed by atoms with E-state index in [1.165, 1.54) is 12.1 Å². The SMILES string of the molecule is [2H]c1cc([2H])c2c(c1[2H])c1c([2H])c([2H])cc([2H])c1n2-c1cc(-c2ccc(-c3ccccc3)cc2)cc(-c2nc(-c3ccccc3)nc(-c3ccccc3)n2)c1. The predicted octanol–water partition coefficient (Wildman–Crippen LogP) is 11.3. The van der Waals surface area contributed by atoms with Crippen LogP contribution in [0.15, 0.2) is 182 Å². The van der Waals surface area contributed by atoms with Gasteiger partial charge in [0.1, 0.15) is 0 Å². The first-order valence-corrected chi connectivity index (χ1v) is 16.0. The van der Waals surface area contributed by atoms with Gasteiger partial charge in [-0.3, -0.25) is 0 Å². The zero-order valence-electron chi connectivity index (χ0n) is 32.1. The van der Waals surface area contributed by atoms with E-state index in [1.54, 1.807) is 4.57 Å². The molecule has 230 valence electrons. The van der Waals surface area contributed by atoms with Gasteiger partial charge in [0.25, 0.3) is 0 Å². The van der Waals surface area contributed by atoms with E-state index < -0.39 is 0 Å². The fourth-order valence-corrected chi connectivity index (χ4v) is 6.23. The summed E-state index contributed by atoms with van der Waals surface area (Å²) in [5.41, 5.74) is 7.20. The summed E-state index contributed by atoms with van der Waals surface area (Å²) in [7, 11) is 0. The molecule has 2 heterocycles. The van der Waals surface area contributed by atoms with Crippen molar-refractivity contribution in [2.24, 2.45) is 0 Å². The molecule has 0 fully saturated rings. The van der Waals surface area contributed by atoms with Crippen LogP contribution in [0, 0.1) is 0 Å². The van der Waals surface area contributed by atoms with Crippen molar-refractivity contribution < 1.29 is 8.22 Å². The van der Waals surface area contributed by atoms with Gasteiger partial charge in [0.15, 0.2) is 17.5 Å². The molecule has 0 bridgehead atoms. The Kier molecular flexibility index (Phi) is 5.67. The van der Waals surface area contributed by atoms with Crippen LogP contribution in [-0.4, -0.2) is 19.5 Å². The molecular weight excluding hydrogens is 597 g/mol. The van der Waals surface area contributed by atoms with E-state index in [0.717, 1.165) is 33.4 Å². The second-order valence-electron chi connectivity index (χ2n) is 11.6. The van der Waals surface area contributed by atoms with Gasteiger partial charge < -0.3 is 4.57 Å². The van der Waals surface area contributed by atoms with Crippen molar-refractivity contribution >= 4 is 21.8 Å². The van der Waals surface area contributed by atoms with Crippen LogP contribution in [0.3, 0.4) is 0 Å². The molecule has 0 saturated carbocycles. The monoisotopic (exact) mass is 632 g/mol. The summed E-state index contributed by atoms with van der Waals surface area (Å²) in [6.07, 6.45) is 0. The molecule has 0 radical (unpaired) electrons. The summed E-state index contributed by atoms with van der Waals surface area (Å²) in [6, 6.07) is 45.5. The Bertz CT molecular complexity index is 2790. The number of hydrogen-bond donors (Lipinski definition) is 0.